The average molecular weight is 251 g/mol. The molecule has 0 saturated heterocycles. The zero-order chi connectivity index (χ0) is 13.5. The maximum Gasteiger partial charge on any atom is 0.140 e. The van der Waals surface area contributed by atoms with E-state index >= 15 is 0 Å². The number of carbonyl (C=O) groups is 1. The molecule has 0 atom stereocenters. The number of rotatable bonds is 8. The van der Waals surface area contributed by atoms with Gasteiger partial charge in [-0.05, 0) is 33.0 Å². The number of Topliss-reactive ketones (excluding diaryl/α,β-unsaturated/α-hetero) is 1. The van der Waals surface area contributed by atoms with E-state index in [1.165, 1.54) is 0 Å². The minimum Gasteiger partial charge on any atom is -0.303 e. The van der Waals surface area contributed by atoms with Gasteiger partial charge in [-0.3, -0.25) is 9.48 Å². The van der Waals surface area contributed by atoms with Crippen molar-refractivity contribution in [3.05, 3.63) is 17.5 Å². The number of carbonyl (C=O) groups excluding carboxylic acids is 1. The monoisotopic (exact) mass is 251 g/mol. The van der Waals surface area contributed by atoms with Crippen molar-refractivity contribution in [1.29, 1.82) is 0 Å². The molecule has 0 aromatic carbocycles. The number of hydrogen-bond acceptors (Lipinski definition) is 3. The molecule has 0 unspecified atom stereocenters. The third-order valence-corrected chi connectivity index (χ3v) is 3.26. The lowest BCUT2D eigenvalue weighted by Crippen LogP contribution is -2.26. The molecule has 0 spiro atoms. The van der Waals surface area contributed by atoms with Crippen molar-refractivity contribution in [3.8, 4) is 0 Å². The summed E-state index contributed by atoms with van der Waals surface area (Å²) in [6.07, 6.45) is 1.14. The van der Waals surface area contributed by atoms with Gasteiger partial charge in [-0.25, -0.2) is 0 Å². The number of hydrogen-bond donors (Lipinski definition) is 0. The Kier molecular flexibility index (Phi) is 6.05. The molecule has 102 valence electrons. The van der Waals surface area contributed by atoms with E-state index in [-0.39, 0.29) is 0 Å². The minimum absolute atomic E-state index is 0.302. The molecule has 4 nitrogen and oxygen atoms in total. The second kappa shape index (κ2) is 7.31. The van der Waals surface area contributed by atoms with Gasteiger partial charge < -0.3 is 4.90 Å². The second-order valence-electron chi connectivity index (χ2n) is 4.59. The van der Waals surface area contributed by atoms with Crippen molar-refractivity contribution in [2.45, 2.75) is 47.1 Å². The average Bonchev–Trinajstić information content (AvgIpc) is 2.70. The summed E-state index contributed by atoms with van der Waals surface area (Å²) in [7, 11) is 0. The van der Waals surface area contributed by atoms with Crippen molar-refractivity contribution < 1.29 is 4.79 Å². The van der Waals surface area contributed by atoms with Gasteiger partial charge >= 0.3 is 0 Å². The van der Waals surface area contributed by atoms with E-state index in [9.17, 15) is 4.79 Å². The molecule has 1 heterocycles. The number of aromatic nitrogens is 2. The smallest absolute Gasteiger partial charge is 0.140 e. The highest BCUT2D eigenvalue weighted by Crippen LogP contribution is 2.06. The fraction of sp³-hybridized carbons (Fsp3) is 0.714. The standard InChI is InChI=1S/C14H25N3O/c1-5-16(6-2)9-8-14(18)11-13-10-12(4)15-17(13)7-3/h10H,5-9,11H2,1-4H3. The second-order valence-corrected chi connectivity index (χ2v) is 4.59. The van der Waals surface area contributed by atoms with Crippen LogP contribution >= 0.6 is 0 Å². The highest BCUT2D eigenvalue weighted by atomic mass is 16.1. The van der Waals surface area contributed by atoms with Crippen molar-refractivity contribution in [2.75, 3.05) is 19.6 Å². The molecule has 0 bridgehead atoms. The third kappa shape index (κ3) is 4.26. The van der Waals surface area contributed by atoms with E-state index in [1.807, 2.05) is 17.7 Å². The summed E-state index contributed by atoms with van der Waals surface area (Å²) >= 11 is 0. The first-order valence-corrected chi connectivity index (χ1v) is 6.88. The van der Waals surface area contributed by atoms with E-state index in [2.05, 4.69) is 30.8 Å². The molecule has 0 fully saturated rings. The van der Waals surface area contributed by atoms with Gasteiger partial charge in [-0.1, -0.05) is 13.8 Å². The maximum absolute atomic E-state index is 12.0. The topological polar surface area (TPSA) is 38.1 Å². The molecule has 18 heavy (non-hydrogen) atoms. The van der Waals surface area contributed by atoms with Gasteiger partial charge in [0.1, 0.15) is 5.78 Å². The van der Waals surface area contributed by atoms with Crippen LogP contribution in [0.25, 0.3) is 0 Å². The number of aryl methyl sites for hydroxylation is 2. The zero-order valence-electron chi connectivity index (χ0n) is 12.1. The minimum atomic E-state index is 0.302. The van der Waals surface area contributed by atoms with Gasteiger partial charge in [0.15, 0.2) is 0 Å². The molecule has 0 amide bonds. The highest BCUT2D eigenvalue weighted by molar-refractivity contribution is 5.80. The summed E-state index contributed by atoms with van der Waals surface area (Å²) in [6, 6.07) is 2.01. The first-order valence-electron chi connectivity index (χ1n) is 6.88. The van der Waals surface area contributed by atoms with Crippen LogP contribution in [0, 0.1) is 6.92 Å². The summed E-state index contributed by atoms with van der Waals surface area (Å²) in [4.78, 5) is 14.2. The molecule has 1 aromatic heterocycles. The normalized spacial score (nSPS) is 11.2. The lowest BCUT2D eigenvalue weighted by Gasteiger charge is -2.17. The van der Waals surface area contributed by atoms with Crippen molar-refractivity contribution in [1.82, 2.24) is 14.7 Å². The van der Waals surface area contributed by atoms with Crippen molar-refractivity contribution in [2.24, 2.45) is 0 Å². The summed E-state index contributed by atoms with van der Waals surface area (Å²) in [5.41, 5.74) is 2.03. The molecular weight excluding hydrogens is 226 g/mol. The Hall–Kier alpha value is -1.16. The summed E-state index contributed by atoms with van der Waals surface area (Å²) in [6.45, 7) is 12.0. The Bertz CT molecular complexity index is 380. The lowest BCUT2D eigenvalue weighted by molar-refractivity contribution is -0.118. The van der Waals surface area contributed by atoms with Crippen LogP contribution in [0.15, 0.2) is 6.07 Å². The molecule has 0 N–H and O–H groups in total. The maximum atomic E-state index is 12.0. The fourth-order valence-corrected chi connectivity index (χ4v) is 2.13. The van der Waals surface area contributed by atoms with Gasteiger partial charge in [0, 0.05) is 31.6 Å². The summed E-state index contributed by atoms with van der Waals surface area (Å²) < 4.78 is 1.92. The third-order valence-electron chi connectivity index (χ3n) is 3.26. The van der Waals surface area contributed by atoms with Crippen LogP contribution in [0.2, 0.25) is 0 Å². The van der Waals surface area contributed by atoms with E-state index in [4.69, 9.17) is 0 Å². The van der Waals surface area contributed by atoms with Crippen LogP contribution < -0.4 is 0 Å². The van der Waals surface area contributed by atoms with Crippen LogP contribution in [0.1, 0.15) is 38.6 Å². The predicted octanol–water partition coefficient (Wildman–Crippen LogP) is 2.05. The Morgan fingerprint density at radius 2 is 2.00 bits per heavy atom. The molecule has 0 aliphatic rings. The van der Waals surface area contributed by atoms with E-state index in [0.717, 1.165) is 37.6 Å². The molecular formula is C14H25N3O. The largest absolute Gasteiger partial charge is 0.303 e. The Morgan fingerprint density at radius 3 is 2.56 bits per heavy atom. The van der Waals surface area contributed by atoms with Gasteiger partial charge in [0.05, 0.1) is 5.69 Å². The highest BCUT2D eigenvalue weighted by Gasteiger charge is 2.10. The van der Waals surface area contributed by atoms with Crippen molar-refractivity contribution in [3.63, 3.8) is 0 Å². The van der Waals surface area contributed by atoms with Gasteiger partial charge in [0.2, 0.25) is 0 Å². The van der Waals surface area contributed by atoms with Crippen LogP contribution in [-0.4, -0.2) is 40.1 Å². The van der Waals surface area contributed by atoms with Gasteiger partial charge in [-0.2, -0.15) is 5.10 Å². The first-order chi connectivity index (χ1) is 8.60. The van der Waals surface area contributed by atoms with Crippen molar-refractivity contribution >= 4 is 5.78 Å². The van der Waals surface area contributed by atoms with Crippen LogP contribution in [0.3, 0.4) is 0 Å². The van der Waals surface area contributed by atoms with Gasteiger partial charge in [0.25, 0.3) is 0 Å². The molecule has 0 aliphatic carbocycles. The fourth-order valence-electron chi connectivity index (χ4n) is 2.13. The van der Waals surface area contributed by atoms with E-state index < -0.39 is 0 Å². The zero-order valence-corrected chi connectivity index (χ0v) is 12.1. The molecule has 1 rings (SSSR count). The number of ketones is 1. The lowest BCUT2D eigenvalue weighted by atomic mass is 10.1. The Balaban J connectivity index is 2.49. The summed E-state index contributed by atoms with van der Waals surface area (Å²) in [5.74, 6) is 0.302. The molecule has 4 heteroatoms. The molecule has 0 aliphatic heterocycles. The molecule has 0 saturated carbocycles. The van der Waals surface area contributed by atoms with E-state index in [0.29, 0.717) is 18.6 Å². The molecule has 1 aromatic rings. The summed E-state index contributed by atoms with van der Waals surface area (Å²) in [5, 5.41) is 4.36. The van der Waals surface area contributed by atoms with Crippen LogP contribution in [0.5, 0.6) is 0 Å². The molecule has 0 radical (unpaired) electrons. The number of nitrogens with zero attached hydrogens (tertiary/aromatic N) is 3. The Morgan fingerprint density at radius 1 is 1.33 bits per heavy atom. The SMILES string of the molecule is CCN(CC)CCC(=O)Cc1cc(C)nn1CC. The first kappa shape index (κ1) is 14.9. The Labute approximate surface area is 110 Å². The van der Waals surface area contributed by atoms with Crippen LogP contribution in [-0.2, 0) is 17.8 Å². The van der Waals surface area contributed by atoms with Gasteiger partial charge in [-0.15, -0.1) is 0 Å². The predicted molar refractivity (Wildman–Crippen MR) is 73.8 cm³/mol. The van der Waals surface area contributed by atoms with E-state index in [1.54, 1.807) is 0 Å². The quantitative estimate of drug-likeness (QED) is 0.710. The van der Waals surface area contributed by atoms with Crippen LogP contribution in [0.4, 0.5) is 0 Å².